The maximum absolute atomic E-state index is 12.3. The lowest BCUT2D eigenvalue weighted by atomic mass is 10.4. The van der Waals surface area contributed by atoms with Gasteiger partial charge in [-0.05, 0) is 12.8 Å². The predicted molar refractivity (Wildman–Crippen MR) is 34.0 cm³/mol. The Morgan fingerprint density at radius 3 is 2.09 bits per heavy atom. The van der Waals surface area contributed by atoms with Crippen molar-refractivity contribution < 1.29 is 21.8 Å². The first-order valence-electron chi connectivity index (χ1n) is 2.97. The van der Waals surface area contributed by atoms with Crippen LogP contribution in [0.1, 0.15) is 12.8 Å². The molecule has 6 heteroatoms. The smallest absolute Gasteiger partial charge is 0.330 e. The highest BCUT2D eigenvalue weighted by Crippen LogP contribution is 2.45. The molecule has 0 aromatic rings. The molecule has 1 rings (SSSR count). The van der Waals surface area contributed by atoms with Gasteiger partial charge in [0.15, 0.2) is 4.75 Å². The van der Waals surface area contributed by atoms with Crippen LogP contribution in [0.25, 0.3) is 0 Å². The summed E-state index contributed by atoms with van der Waals surface area (Å²) in [5.74, 6) is -1.000. The van der Waals surface area contributed by atoms with Crippen LogP contribution in [0.4, 0.5) is 3.89 Å². The van der Waals surface area contributed by atoms with Crippen LogP contribution in [-0.4, -0.2) is 26.2 Å². The van der Waals surface area contributed by atoms with Crippen LogP contribution in [-0.2, 0) is 19.8 Å². The van der Waals surface area contributed by atoms with Gasteiger partial charge in [-0.15, -0.1) is 3.89 Å². The molecule has 0 bridgehead atoms. The van der Waals surface area contributed by atoms with Crippen LogP contribution in [0.15, 0.2) is 0 Å². The van der Waals surface area contributed by atoms with Crippen LogP contribution in [0.3, 0.4) is 0 Å². The Labute approximate surface area is 63.6 Å². The minimum atomic E-state index is -4.78. The standard InChI is InChI=1S/C5H7FO4S/c1-10-4(7)5(2-3-5)11(6,8)9/h2-3H2,1H3. The normalized spacial score (nSPS) is 20.9. The summed E-state index contributed by atoms with van der Waals surface area (Å²) in [7, 11) is -3.74. The maximum Gasteiger partial charge on any atom is 0.330 e. The molecule has 0 saturated heterocycles. The first-order chi connectivity index (χ1) is 4.94. The van der Waals surface area contributed by atoms with Gasteiger partial charge < -0.3 is 4.74 Å². The van der Waals surface area contributed by atoms with Gasteiger partial charge in [-0.3, -0.25) is 4.79 Å². The minimum Gasteiger partial charge on any atom is -0.468 e. The van der Waals surface area contributed by atoms with E-state index < -0.39 is 20.9 Å². The second-order valence-electron chi connectivity index (χ2n) is 2.42. The molecule has 0 aromatic carbocycles. The average molecular weight is 182 g/mol. The van der Waals surface area contributed by atoms with Crippen LogP contribution in [0.2, 0.25) is 0 Å². The summed E-state index contributed by atoms with van der Waals surface area (Å²) in [4.78, 5) is 10.7. The summed E-state index contributed by atoms with van der Waals surface area (Å²) in [6.45, 7) is 0. The quantitative estimate of drug-likeness (QED) is 0.445. The molecule has 1 aliphatic rings. The third-order valence-electron chi connectivity index (χ3n) is 1.73. The van der Waals surface area contributed by atoms with Gasteiger partial charge in [0, 0.05) is 0 Å². The molecule has 4 nitrogen and oxygen atoms in total. The molecule has 0 radical (unpaired) electrons. The fraction of sp³-hybridized carbons (Fsp3) is 0.800. The summed E-state index contributed by atoms with van der Waals surface area (Å²) in [6.07, 6.45) is 0.0526. The van der Waals surface area contributed by atoms with Crippen LogP contribution >= 0.6 is 0 Å². The van der Waals surface area contributed by atoms with Gasteiger partial charge in [-0.2, -0.15) is 8.42 Å². The molecule has 0 spiro atoms. The molecule has 1 saturated carbocycles. The molecule has 0 amide bonds. The lowest BCUT2D eigenvalue weighted by Crippen LogP contribution is -2.30. The van der Waals surface area contributed by atoms with E-state index in [0.29, 0.717) is 0 Å². The van der Waals surface area contributed by atoms with E-state index in [-0.39, 0.29) is 12.8 Å². The van der Waals surface area contributed by atoms with Crippen molar-refractivity contribution in [2.75, 3.05) is 7.11 Å². The largest absolute Gasteiger partial charge is 0.468 e. The monoisotopic (exact) mass is 182 g/mol. The Hall–Kier alpha value is -0.650. The van der Waals surface area contributed by atoms with E-state index >= 15 is 0 Å². The van der Waals surface area contributed by atoms with Crippen molar-refractivity contribution in [3.63, 3.8) is 0 Å². The molecule has 0 atom stereocenters. The molecule has 1 aliphatic carbocycles. The summed E-state index contributed by atoms with van der Waals surface area (Å²) in [6, 6.07) is 0. The van der Waals surface area contributed by atoms with Gasteiger partial charge in [0.05, 0.1) is 7.11 Å². The molecule has 1 fully saturated rings. The molecular formula is C5H7FO4S. The topological polar surface area (TPSA) is 60.4 Å². The van der Waals surface area contributed by atoms with Gasteiger partial charge in [0.2, 0.25) is 0 Å². The highest BCUT2D eigenvalue weighted by molar-refractivity contribution is 7.89. The van der Waals surface area contributed by atoms with Gasteiger partial charge in [-0.1, -0.05) is 0 Å². The Bertz CT molecular complexity index is 277. The fourth-order valence-corrected chi connectivity index (χ4v) is 1.72. The first kappa shape index (κ1) is 8.45. The van der Waals surface area contributed by atoms with Gasteiger partial charge in [0.25, 0.3) is 0 Å². The number of hydrogen-bond donors (Lipinski definition) is 0. The molecular weight excluding hydrogens is 175 g/mol. The van der Waals surface area contributed by atoms with Gasteiger partial charge in [0.1, 0.15) is 0 Å². The molecule has 11 heavy (non-hydrogen) atoms. The van der Waals surface area contributed by atoms with E-state index in [4.69, 9.17) is 0 Å². The third-order valence-corrected chi connectivity index (χ3v) is 3.24. The zero-order valence-electron chi connectivity index (χ0n) is 5.83. The molecule has 0 aromatic heterocycles. The third kappa shape index (κ3) is 1.11. The lowest BCUT2D eigenvalue weighted by Gasteiger charge is -2.05. The Balaban J connectivity index is 2.94. The van der Waals surface area contributed by atoms with Crippen molar-refractivity contribution in [1.82, 2.24) is 0 Å². The number of esters is 1. The number of carbonyl (C=O) groups excluding carboxylic acids is 1. The van der Waals surface area contributed by atoms with E-state index in [0.717, 1.165) is 7.11 Å². The zero-order valence-corrected chi connectivity index (χ0v) is 6.65. The highest BCUT2D eigenvalue weighted by Gasteiger charge is 2.63. The SMILES string of the molecule is COC(=O)C1(S(=O)(=O)F)CC1. The molecule has 0 unspecified atom stereocenters. The number of rotatable bonds is 2. The van der Waals surface area contributed by atoms with E-state index in [2.05, 4.69) is 4.74 Å². The van der Waals surface area contributed by atoms with Gasteiger partial charge in [-0.25, -0.2) is 0 Å². The first-order valence-corrected chi connectivity index (χ1v) is 4.35. The summed E-state index contributed by atoms with van der Waals surface area (Å²) in [5, 5.41) is 0. The summed E-state index contributed by atoms with van der Waals surface area (Å²) < 4.78 is 35.3. The number of carbonyl (C=O) groups is 1. The van der Waals surface area contributed by atoms with E-state index in [1.54, 1.807) is 0 Å². The second-order valence-corrected chi connectivity index (χ2v) is 4.08. The van der Waals surface area contributed by atoms with Crippen molar-refractivity contribution in [3.05, 3.63) is 0 Å². The van der Waals surface area contributed by atoms with E-state index in [1.807, 2.05) is 0 Å². The Morgan fingerprint density at radius 1 is 1.55 bits per heavy atom. The predicted octanol–water partition coefficient (Wildman–Crippen LogP) is -0.00870. The Morgan fingerprint density at radius 2 is 2.00 bits per heavy atom. The number of hydrogen-bond acceptors (Lipinski definition) is 4. The van der Waals surface area contributed by atoms with Crippen molar-refractivity contribution in [2.45, 2.75) is 17.6 Å². The summed E-state index contributed by atoms with van der Waals surface area (Å²) in [5.41, 5.74) is 0. The van der Waals surface area contributed by atoms with E-state index in [9.17, 15) is 17.1 Å². The lowest BCUT2D eigenvalue weighted by molar-refractivity contribution is -0.141. The van der Waals surface area contributed by atoms with Crippen molar-refractivity contribution >= 4 is 16.2 Å². The molecule has 64 valence electrons. The average Bonchev–Trinajstić information content (AvgIpc) is 2.63. The number of halogens is 1. The number of ether oxygens (including phenoxy) is 1. The molecule has 0 heterocycles. The van der Waals surface area contributed by atoms with E-state index in [1.165, 1.54) is 0 Å². The van der Waals surface area contributed by atoms with Crippen LogP contribution < -0.4 is 0 Å². The minimum absolute atomic E-state index is 0.0263. The van der Waals surface area contributed by atoms with Crippen molar-refractivity contribution in [2.24, 2.45) is 0 Å². The fourth-order valence-electron chi connectivity index (χ4n) is 0.847. The molecule has 0 aliphatic heterocycles. The maximum atomic E-state index is 12.3. The van der Waals surface area contributed by atoms with Crippen molar-refractivity contribution in [1.29, 1.82) is 0 Å². The zero-order chi connectivity index (χ0) is 8.70. The highest BCUT2D eigenvalue weighted by atomic mass is 32.3. The van der Waals surface area contributed by atoms with Crippen LogP contribution in [0.5, 0.6) is 0 Å². The van der Waals surface area contributed by atoms with Crippen molar-refractivity contribution in [3.8, 4) is 0 Å². The summed E-state index contributed by atoms with van der Waals surface area (Å²) >= 11 is 0. The second kappa shape index (κ2) is 2.17. The Kier molecular flexibility index (Phi) is 1.66. The number of methoxy groups -OCH3 is 1. The molecule has 0 N–H and O–H groups in total. The van der Waals surface area contributed by atoms with Gasteiger partial charge >= 0.3 is 16.2 Å². The van der Waals surface area contributed by atoms with Crippen LogP contribution in [0, 0.1) is 0 Å².